The van der Waals surface area contributed by atoms with E-state index in [-0.39, 0.29) is 12.0 Å². The van der Waals surface area contributed by atoms with Gasteiger partial charge in [0.2, 0.25) is 0 Å². The van der Waals surface area contributed by atoms with E-state index in [0.717, 1.165) is 19.3 Å². The first-order valence-electron chi connectivity index (χ1n) is 7.79. The molecule has 0 unspecified atom stereocenters. The molecule has 0 spiro atoms. The average molecular weight is 283 g/mol. The van der Waals surface area contributed by atoms with Crippen LogP contribution in [0.4, 0.5) is 0 Å². The Bertz CT molecular complexity index is 352. The highest BCUT2D eigenvalue weighted by Crippen LogP contribution is 2.24. The van der Waals surface area contributed by atoms with Crippen molar-refractivity contribution in [3.8, 4) is 0 Å². The lowest BCUT2D eigenvalue weighted by atomic mass is 9.97. The molecule has 2 atom stereocenters. The molecule has 1 amide bonds. The van der Waals surface area contributed by atoms with Crippen LogP contribution in [0.1, 0.15) is 51.9 Å². The predicted molar refractivity (Wildman–Crippen MR) is 74.4 cm³/mol. The highest BCUT2D eigenvalue weighted by atomic mass is 16.5. The number of likely N-dealkylation sites (tertiary alicyclic amines) is 1. The fourth-order valence-corrected chi connectivity index (χ4v) is 3.17. The van der Waals surface area contributed by atoms with E-state index in [1.807, 2.05) is 6.92 Å². The summed E-state index contributed by atoms with van der Waals surface area (Å²) >= 11 is 0. The molecule has 1 saturated heterocycles. The Labute approximate surface area is 120 Å². The third-order valence-corrected chi connectivity index (χ3v) is 4.39. The monoisotopic (exact) mass is 283 g/mol. The number of carboxylic acids is 1. The van der Waals surface area contributed by atoms with Gasteiger partial charge in [-0.25, -0.2) is 0 Å². The topological polar surface area (TPSA) is 66.8 Å². The lowest BCUT2D eigenvalue weighted by Gasteiger charge is -2.33. The Morgan fingerprint density at radius 1 is 1.25 bits per heavy atom. The van der Waals surface area contributed by atoms with Crippen LogP contribution in [0.15, 0.2) is 0 Å². The minimum Gasteiger partial charge on any atom is -0.481 e. The second-order valence-corrected chi connectivity index (χ2v) is 5.90. The third kappa shape index (κ3) is 3.72. The Hall–Kier alpha value is -1.10. The number of piperidine rings is 1. The number of nitrogens with zero attached hydrogens (tertiary/aromatic N) is 1. The maximum absolute atomic E-state index is 12.5. The Morgan fingerprint density at radius 3 is 2.55 bits per heavy atom. The van der Waals surface area contributed by atoms with Crippen LogP contribution in [0.2, 0.25) is 0 Å². The number of amides is 1. The second-order valence-electron chi connectivity index (χ2n) is 5.90. The molecule has 5 heteroatoms. The van der Waals surface area contributed by atoms with Crippen molar-refractivity contribution in [2.75, 3.05) is 13.1 Å². The number of rotatable bonds is 5. The molecule has 1 aliphatic carbocycles. The maximum atomic E-state index is 12.5. The molecule has 5 nitrogen and oxygen atoms in total. The molecule has 1 heterocycles. The zero-order valence-electron chi connectivity index (χ0n) is 12.2. The van der Waals surface area contributed by atoms with E-state index in [2.05, 4.69) is 0 Å². The van der Waals surface area contributed by atoms with Gasteiger partial charge in [-0.1, -0.05) is 19.8 Å². The van der Waals surface area contributed by atoms with Gasteiger partial charge in [0.25, 0.3) is 5.91 Å². The van der Waals surface area contributed by atoms with Crippen LogP contribution in [-0.2, 0) is 14.3 Å². The molecule has 0 bridgehead atoms. The van der Waals surface area contributed by atoms with Gasteiger partial charge in [-0.2, -0.15) is 0 Å². The number of carbonyl (C=O) groups excluding carboxylic acids is 1. The summed E-state index contributed by atoms with van der Waals surface area (Å²) in [5.41, 5.74) is 0. The van der Waals surface area contributed by atoms with Crippen molar-refractivity contribution in [1.29, 1.82) is 0 Å². The summed E-state index contributed by atoms with van der Waals surface area (Å²) in [4.78, 5) is 25.3. The molecule has 0 radical (unpaired) electrons. The van der Waals surface area contributed by atoms with Gasteiger partial charge >= 0.3 is 5.97 Å². The standard InChI is InChI=1S/C15H25NO4/c1-2-13(20-12-7-3-4-8-12)14(17)16-9-5-6-11(10-16)15(18)19/h11-13H,2-10H2,1H3,(H,18,19)/t11-,13-/m0/s1. The summed E-state index contributed by atoms with van der Waals surface area (Å²) in [5, 5.41) is 9.09. The molecule has 1 aliphatic heterocycles. The number of carbonyl (C=O) groups is 2. The highest BCUT2D eigenvalue weighted by Gasteiger charge is 2.33. The van der Waals surface area contributed by atoms with Crippen molar-refractivity contribution in [2.45, 2.75) is 64.1 Å². The third-order valence-electron chi connectivity index (χ3n) is 4.39. The molecular formula is C15H25NO4. The van der Waals surface area contributed by atoms with E-state index in [1.165, 1.54) is 12.8 Å². The number of hydrogen-bond acceptors (Lipinski definition) is 3. The summed E-state index contributed by atoms with van der Waals surface area (Å²) in [6.45, 7) is 2.95. The van der Waals surface area contributed by atoms with Crippen LogP contribution in [0.3, 0.4) is 0 Å². The minimum atomic E-state index is -0.799. The molecule has 2 rings (SSSR count). The van der Waals surface area contributed by atoms with Gasteiger partial charge in [0.1, 0.15) is 6.10 Å². The summed E-state index contributed by atoms with van der Waals surface area (Å²) in [6.07, 6.45) is 6.35. The molecule has 1 saturated carbocycles. The summed E-state index contributed by atoms with van der Waals surface area (Å²) in [5.74, 6) is -1.24. The van der Waals surface area contributed by atoms with Gasteiger partial charge in [-0.3, -0.25) is 9.59 Å². The van der Waals surface area contributed by atoms with Crippen LogP contribution >= 0.6 is 0 Å². The van der Waals surface area contributed by atoms with Crippen molar-refractivity contribution in [3.05, 3.63) is 0 Å². The number of hydrogen-bond donors (Lipinski definition) is 1. The molecule has 1 N–H and O–H groups in total. The van der Waals surface area contributed by atoms with Gasteiger partial charge < -0.3 is 14.7 Å². The molecule has 20 heavy (non-hydrogen) atoms. The molecule has 114 valence electrons. The number of ether oxygens (including phenoxy) is 1. The first-order chi connectivity index (χ1) is 9.61. The average Bonchev–Trinajstić information content (AvgIpc) is 2.97. The van der Waals surface area contributed by atoms with Crippen LogP contribution in [0, 0.1) is 5.92 Å². The van der Waals surface area contributed by atoms with Gasteiger partial charge in [-0.05, 0) is 32.1 Å². The molecular weight excluding hydrogens is 258 g/mol. The molecule has 0 aromatic heterocycles. The lowest BCUT2D eigenvalue weighted by molar-refractivity contribution is -0.153. The van der Waals surface area contributed by atoms with Gasteiger partial charge in [-0.15, -0.1) is 0 Å². The highest BCUT2D eigenvalue weighted by molar-refractivity contribution is 5.82. The normalized spacial score (nSPS) is 25.6. The molecule has 0 aromatic rings. The molecule has 0 aromatic carbocycles. The van der Waals surface area contributed by atoms with Gasteiger partial charge in [0.15, 0.2) is 0 Å². The van der Waals surface area contributed by atoms with Gasteiger partial charge in [0.05, 0.1) is 12.0 Å². The zero-order valence-corrected chi connectivity index (χ0v) is 12.2. The summed E-state index contributed by atoms with van der Waals surface area (Å²) in [7, 11) is 0. The zero-order chi connectivity index (χ0) is 14.5. The van der Waals surface area contributed by atoms with E-state index in [0.29, 0.717) is 25.9 Å². The van der Waals surface area contributed by atoms with Crippen LogP contribution in [-0.4, -0.2) is 47.2 Å². The first kappa shape index (κ1) is 15.3. The van der Waals surface area contributed by atoms with Crippen LogP contribution < -0.4 is 0 Å². The maximum Gasteiger partial charge on any atom is 0.308 e. The van der Waals surface area contributed by atoms with Crippen molar-refractivity contribution in [3.63, 3.8) is 0 Å². The smallest absolute Gasteiger partial charge is 0.308 e. The Morgan fingerprint density at radius 2 is 1.95 bits per heavy atom. The second kappa shape index (κ2) is 7.07. The van der Waals surface area contributed by atoms with Crippen molar-refractivity contribution in [2.24, 2.45) is 5.92 Å². The predicted octanol–water partition coefficient (Wildman–Crippen LogP) is 2.05. The SMILES string of the molecule is CC[C@H](OC1CCCC1)C(=O)N1CCC[C@H](C(=O)O)C1. The van der Waals surface area contributed by atoms with E-state index >= 15 is 0 Å². The van der Waals surface area contributed by atoms with E-state index in [9.17, 15) is 9.59 Å². The van der Waals surface area contributed by atoms with Crippen molar-refractivity contribution >= 4 is 11.9 Å². The fourth-order valence-electron chi connectivity index (χ4n) is 3.17. The van der Waals surface area contributed by atoms with Crippen LogP contribution in [0.25, 0.3) is 0 Å². The van der Waals surface area contributed by atoms with E-state index in [4.69, 9.17) is 9.84 Å². The van der Waals surface area contributed by atoms with Crippen LogP contribution in [0.5, 0.6) is 0 Å². The first-order valence-corrected chi connectivity index (χ1v) is 7.79. The quantitative estimate of drug-likeness (QED) is 0.838. The molecule has 2 aliphatic rings. The summed E-state index contributed by atoms with van der Waals surface area (Å²) < 4.78 is 5.93. The fraction of sp³-hybridized carbons (Fsp3) is 0.867. The summed E-state index contributed by atoms with van der Waals surface area (Å²) in [6, 6.07) is 0. The van der Waals surface area contributed by atoms with Crippen molar-refractivity contribution in [1.82, 2.24) is 4.90 Å². The molecule has 2 fully saturated rings. The largest absolute Gasteiger partial charge is 0.481 e. The van der Waals surface area contributed by atoms with Crippen molar-refractivity contribution < 1.29 is 19.4 Å². The Balaban J connectivity index is 1.91. The number of aliphatic carboxylic acids is 1. The minimum absolute atomic E-state index is 0.0228. The van der Waals surface area contributed by atoms with E-state index in [1.54, 1.807) is 4.90 Å². The van der Waals surface area contributed by atoms with E-state index < -0.39 is 18.0 Å². The number of carboxylic acid groups (broad SMARTS) is 1. The lowest BCUT2D eigenvalue weighted by Crippen LogP contribution is -2.47. The Kier molecular flexibility index (Phi) is 5.40. The van der Waals surface area contributed by atoms with Gasteiger partial charge in [0, 0.05) is 13.1 Å².